The fourth-order valence-corrected chi connectivity index (χ4v) is 4.17. The third-order valence-electron chi connectivity index (χ3n) is 4.97. The molecule has 0 aliphatic heterocycles. The monoisotopic (exact) mass is 355 g/mol. The highest BCUT2D eigenvalue weighted by Crippen LogP contribution is 2.37. The Hall–Kier alpha value is -0.350. The van der Waals surface area contributed by atoms with E-state index in [1.807, 2.05) is 0 Å². The highest BCUT2D eigenvalue weighted by molar-refractivity contribution is 9.10. The molecule has 1 saturated carbocycles. The molecule has 1 aromatic rings. The third kappa shape index (κ3) is 4.10. The molecule has 4 heteroatoms. The van der Waals surface area contributed by atoms with Crippen LogP contribution in [-0.2, 0) is 13.0 Å². The van der Waals surface area contributed by atoms with E-state index in [1.54, 1.807) is 0 Å². The molecule has 1 aliphatic carbocycles. The van der Waals surface area contributed by atoms with Crippen LogP contribution >= 0.6 is 15.9 Å². The summed E-state index contributed by atoms with van der Waals surface area (Å²) in [6, 6.07) is 0. The van der Waals surface area contributed by atoms with Gasteiger partial charge in [0.1, 0.15) is 0 Å². The van der Waals surface area contributed by atoms with Gasteiger partial charge in [-0.05, 0) is 79.9 Å². The summed E-state index contributed by atoms with van der Waals surface area (Å²) in [5, 5.41) is 8.22. The molecule has 21 heavy (non-hydrogen) atoms. The Kier molecular flexibility index (Phi) is 6.30. The average molecular weight is 356 g/mol. The molecule has 3 unspecified atom stereocenters. The topological polar surface area (TPSA) is 29.9 Å². The number of aromatic nitrogens is 2. The van der Waals surface area contributed by atoms with E-state index in [0.29, 0.717) is 0 Å². The van der Waals surface area contributed by atoms with Crippen molar-refractivity contribution in [2.75, 3.05) is 13.1 Å². The Morgan fingerprint density at radius 1 is 1.29 bits per heavy atom. The van der Waals surface area contributed by atoms with Crippen LogP contribution in [0, 0.1) is 24.7 Å². The third-order valence-corrected chi connectivity index (χ3v) is 6.00. The molecule has 1 heterocycles. The second-order valence-electron chi connectivity index (χ2n) is 6.61. The molecule has 3 atom stereocenters. The fourth-order valence-electron chi connectivity index (χ4n) is 3.72. The normalized spacial score (nSPS) is 26.2. The molecule has 0 spiro atoms. The lowest BCUT2D eigenvalue weighted by Crippen LogP contribution is -2.34. The van der Waals surface area contributed by atoms with E-state index in [9.17, 15) is 0 Å². The van der Waals surface area contributed by atoms with E-state index in [-0.39, 0.29) is 0 Å². The van der Waals surface area contributed by atoms with Gasteiger partial charge in [0.2, 0.25) is 0 Å². The predicted molar refractivity (Wildman–Crippen MR) is 92.6 cm³/mol. The van der Waals surface area contributed by atoms with Gasteiger partial charge in [-0.15, -0.1) is 0 Å². The van der Waals surface area contributed by atoms with Gasteiger partial charge in [-0.3, -0.25) is 4.68 Å². The van der Waals surface area contributed by atoms with Crippen molar-refractivity contribution < 1.29 is 0 Å². The molecular formula is C17H30BrN3. The van der Waals surface area contributed by atoms with Crippen molar-refractivity contribution in [2.45, 2.75) is 59.9 Å². The zero-order chi connectivity index (χ0) is 15.4. The second kappa shape index (κ2) is 7.77. The lowest BCUT2D eigenvalue weighted by molar-refractivity contribution is 0.181. The quantitative estimate of drug-likeness (QED) is 0.829. The SMILES string of the molecule is CCNCC1CCC(C)CC1Cc1c(Br)c(C)nn1CC. The first-order chi connectivity index (χ1) is 10.1. The number of nitrogens with zero attached hydrogens (tertiary/aromatic N) is 2. The van der Waals surface area contributed by atoms with Crippen LogP contribution in [0.15, 0.2) is 4.47 Å². The molecule has 2 rings (SSSR count). The van der Waals surface area contributed by atoms with Crippen LogP contribution in [-0.4, -0.2) is 22.9 Å². The van der Waals surface area contributed by atoms with Gasteiger partial charge in [-0.25, -0.2) is 0 Å². The van der Waals surface area contributed by atoms with Crippen LogP contribution in [0.25, 0.3) is 0 Å². The van der Waals surface area contributed by atoms with Crippen LogP contribution in [0.1, 0.15) is 51.4 Å². The van der Waals surface area contributed by atoms with Crippen LogP contribution in [0.5, 0.6) is 0 Å². The number of halogens is 1. The Morgan fingerprint density at radius 2 is 2.05 bits per heavy atom. The molecule has 1 N–H and O–H groups in total. The zero-order valence-electron chi connectivity index (χ0n) is 14.0. The zero-order valence-corrected chi connectivity index (χ0v) is 15.5. The van der Waals surface area contributed by atoms with Crippen LogP contribution in [0.4, 0.5) is 0 Å². The van der Waals surface area contributed by atoms with Crippen molar-refractivity contribution in [3.05, 3.63) is 15.9 Å². The minimum Gasteiger partial charge on any atom is -0.317 e. The molecule has 1 fully saturated rings. The first kappa shape index (κ1) is 17.0. The van der Waals surface area contributed by atoms with Gasteiger partial charge < -0.3 is 5.32 Å². The number of hydrogen-bond donors (Lipinski definition) is 1. The minimum absolute atomic E-state index is 0.783. The van der Waals surface area contributed by atoms with E-state index in [2.05, 4.69) is 58.7 Å². The summed E-state index contributed by atoms with van der Waals surface area (Å²) in [5.41, 5.74) is 2.52. The van der Waals surface area contributed by atoms with Gasteiger partial charge in [0.15, 0.2) is 0 Å². The predicted octanol–water partition coefficient (Wildman–Crippen LogP) is 4.18. The minimum atomic E-state index is 0.783. The van der Waals surface area contributed by atoms with Gasteiger partial charge >= 0.3 is 0 Å². The van der Waals surface area contributed by atoms with Gasteiger partial charge in [0.05, 0.1) is 15.9 Å². The Morgan fingerprint density at radius 3 is 2.71 bits per heavy atom. The molecule has 0 aromatic carbocycles. The summed E-state index contributed by atoms with van der Waals surface area (Å²) in [5.74, 6) is 2.46. The van der Waals surface area contributed by atoms with Crippen molar-refractivity contribution in [1.82, 2.24) is 15.1 Å². The van der Waals surface area contributed by atoms with Gasteiger partial charge in [0, 0.05) is 6.54 Å². The first-order valence-corrected chi connectivity index (χ1v) is 9.28. The van der Waals surface area contributed by atoms with E-state index in [1.165, 1.54) is 36.0 Å². The molecule has 1 aromatic heterocycles. The largest absolute Gasteiger partial charge is 0.317 e. The highest BCUT2D eigenvalue weighted by atomic mass is 79.9. The number of nitrogens with one attached hydrogen (secondary N) is 1. The molecular weight excluding hydrogens is 326 g/mol. The molecule has 0 saturated heterocycles. The lowest BCUT2D eigenvalue weighted by atomic mass is 9.72. The second-order valence-corrected chi connectivity index (χ2v) is 7.41. The Balaban J connectivity index is 2.14. The summed E-state index contributed by atoms with van der Waals surface area (Å²) in [6.45, 7) is 12.1. The summed E-state index contributed by atoms with van der Waals surface area (Å²) in [4.78, 5) is 0. The van der Waals surface area contributed by atoms with E-state index in [0.717, 1.165) is 43.0 Å². The molecule has 0 bridgehead atoms. The summed E-state index contributed by atoms with van der Waals surface area (Å²) in [6.07, 6.45) is 5.28. The van der Waals surface area contributed by atoms with E-state index >= 15 is 0 Å². The smallest absolute Gasteiger partial charge is 0.0738 e. The maximum Gasteiger partial charge on any atom is 0.0738 e. The summed E-state index contributed by atoms with van der Waals surface area (Å²) < 4.78 is 3.41. The highest BCUT2D eigenvalue weighted by Gasteiger charge is 2.30. The van der Waals surface area contributed by atoms with Crippen molar-refractivity contribution in [3.8, 4) is 0 Å². The number of rotatable bonds is 6. The first-order valence-electron chi connectivity index (χ1n) is 8.49. The van der Waals surface area contributed by atoms with Crippen molar-refractivity contribution in [1.29, 1.82) is 0 Å². The average Bonchev–Trinajstić information content (AvgIpc) is 2.74. The number of aryl methyl sites for hydroxylation is 2. The molecule has 0 amide bonds. The maximum atomic E-state index is 4.65. The Bertz CT molecular complexity index is 453. The molecule has 1 aliphatic rings. The van der Waals surface area contributed by atoms with Crippen molar-refractivity contribution in [2.24, 2.45) is 17.8 Å². The lowest BCUT2D eigenvalue weighted by Gasteiger charge is -2.35. The summed E-state index contributed by atoms with van der Waals surface area (Å²) >= 11 is 3.76. The molecule has 0 radical (unpaired) electrons. The standard InChI is InChI=1S/C17H30BrN3/c1-5-19-11-14-8-7-12(3)9-15(14)10-16-17(18)13(4)20-21(16)6-2/h12,14-15,19H,5-11H2,1-4H3. The van der Waals surface area contributed by atoms with Crippen LogP contribution < -0.4 is 5.32 Å². The number of hydrogen-bond acceptors (Lipinski definition) is 2. The fraction of sp³-hybridized carbons (Fsp3) is 0.824. The van der Waals surface area contributed by atoms with Gasteiger partial charge in [-0.1, -0.05) is 20.3 Å². The van der Waals surface area contributed by atoms with E-state index < -0.39 is 0 Å². The van der Waals surface area contributed by atoms with E-state index in [4.69, 9.17) is 0 Å². The molecule has 3 nitrogen and oxygen atoms in total. The maximum absolute atomic E-state index is 4.65. The van der Waals surface area contributed by atoms with Crippen LogP contribution in [0.3, 0.4) is 0 Å². The Labute approximate surface area is 138 Å². The molecule has 120 valence electrons. The van der Waals surface area contributed by atoms with Gasteiger partial charge in [-0.2, -0.15) is 5.10 Å². The van der Waals surface area contributed by atoms with Crippen molar-refractivity contribution >= 4 is 15.9 Å². The summed E-state index contributed by atoms with van der Waals surface area (Å²) in [7, 11) is 0. The van der Waals surface area contributed by atoms with Crippen molar-refractivity contribution in [3.63, 3.8) is 0 Å². The van der Waals surface area contributed by atoms with Gasteiger partial charge in [0.25, 0.3) is 0 Å². The van der Waals surface area contributed by atoms with Crippen LogP contribution in [0.2, 0.25) is 0 Å².